The van der Waals surface area contributed by atoms with Crippen LogP contribution in [0.5, 0.6) is 0 Å². The van der Waals surface area contributed by atoms with E-state index >= 15 is 0 Å². The predicted octanol–water partition coefficient (Wildman–Crippen LogP) is 2.94. The summed E-state index contributed by atoms with van der Waals surface area (Å²) in [4.78, 5) is 25.3. The number of carbonyl (C=O) groups excluding carboxylic acids is 1. The Balaban J connectivity index is 1.55. The van der Waals surface area contributed by atoms with Crippen molar-refractivity contribution in [3.8, 4) is 0 Å². The number of aromatic nitrogens is 3. The number of hydrogen-bond acceptors (Lipinski definition) is 5. The molecule has 0 bridgehead atoms. The topological polar surface area (TPSA) is 72.3 Å². The van der Waals surface area contributed by atoms with Crippen molar-refractivity contribution in [3.05, 3.63) is 23.1 Å². The molecule has 164 valence electrons. The van der Waals surface area contributed by atoms with E-state index in [9.17, 15) is 4.79 Å². The quantitative estimate of drug-likeness (QED) is 0.788. The van der Waals surface area contributed by atoms with Crippen LogP contribution in [-0.4, -0.2) is 64.2 Å². The van der Waals surface area contributed by atoms with Crippen LogP contribution in [0.25, 0.3) is 11.2 Å². The molecule has 0 aliphatic carbocycles. The van der Waals surface area contributed by atoms with E-state index in [1.165, 1.54) is 6.42 Å². The third-order valence-electron chi connectivity index (χ3n) is 6.24. The van der Waals surface area contributed by atoms with Gasteiger partial charge in [0, 0.05) is 44.3 Å². The van der Waals surface area contributed by atoms with Crippen LogP contribution in [-0.2, 0) is 17.7 Å². The first-order chi connectivity index (χ1) is 14.5. The lowest BCUT2D eigenvalue weighted by Crippen LogP contribution is -2.49. The lowest BCUT2D eigenvalue weighted by atomic mass is 10.0. The van der Waals surface area contributed by atoms with Crippen molar-refractivity contribution in [2.75, 3.05) is 32.8 Å². The van der Waals surface area contributed by atoms with Gasteiger partial charge < -0.3 is 14.6 Å². The summed E-state index contributed by atoms with van der Waals surface area (Å²) in [6.45, 7) is 11.4. The number of ether oxygens (including phenoxy) is 1. The molecule has 1 N–H and O–H groups in total. The molecule has 1 saturated heterocycles. The standard InChI is InChI=1S/C23H35N5O2/c1-16(2)13-18(27-9-11-30-12-10-27)15-24-23(29)19-14-17(3)25-22-21(19)26-20-7-5-4-6-8-28(20)22/h14,16,18H,4-13,15H2,1-3H3,(H,24,29). The summed E-state index contributed by atoms with van der Waals surface area (Å²) in [5.41, 5.74) is 3.14. The fourth-order valence-corrected chi connectivity index (χ4v) is 4.74. The van der Waals surface area contributed by atoms with Gasteiger partial charge in [0.1, 0.15) is 11.3 Å². The average molecular weight is 414 g/mol. The van der Waals surface area contributed by atoms with Gasteiger partial charge in [-0.15, -0.1) is 0 Å². The van der Waals surface area contributed by atoms with Crippen molar-refractivity contribution in [1.82, 2.24) is 24.8 Å². The zero-order valence-electron chi connectivity index (χ0n) is 18.6. The van der Waals surface area contributed by atoms with Gasteiger partial charge in [-0.1, -0.05) is 20.3 Å². The Kier molecular flexibility index (Phi) is 6.68. The number of amides is 1. The van der Waals surface area contributed by atoms with Gasteiger partial charge in [0.05, 0.1) is 18.8 Å². The molecule has 0 saturated carbocycles. The second kappa shape index (κ2) is 9.43. The lowest BCUT2D eigenvalue weighted by molar-refractivity contribution is 0.0124. The van der Waals surface area contributed by atoms with E-state index in [2.05, 4.69) is 28.6 Å². The highest BCUT2D eigenvalue weighted by atomic mass is 16.5. The van der Waals surface area contributed by atoms with Crippen molar-refractivity contribution in [3.63, 3.8) is 0 Å². The van der Waals surface area contributed by atoms with Gasteiger partial charge in [-0.3, -0.25) is 9.69 Å². The van der Waals surface area contributed by atoms with Crippen molar-refractivity contribution >= 4 is 17.1 Å². The molecule has 2 aromatic heterocycles. The molecule has 1 atom stereocenters. The van der Waals surface area contributed by atoms with Gasteiger partial charge in [0.2, 0.25) is 0 Å². The lowest BCUT2D eigenvalue weighted by Gasteiger charge is -2.35. The van der Waals surface area contributed by atoms with Gasteiger partial charge in [-0.05, 0) is 38.2 Å². The molecule has 2 aliphatic rings. The second-order valence-electron chi connectivity index (χ2n) is 9.12. The van der Waals surface area contributed by atoms with Crippen LogP contribution in [0.3, 0.4) is 0 Å². The number of fused-ring (bicyclic) bond motifs is 3. The summed E-state index contributed by atoms with van der Waals surface area (Å²) in [6, 6.07) is 2.21. The smallest absolute Gasteiger partial charge is 0.253 e. The normalized spacial score (nSPS) is 18.9. The summed E-state index contributed by atoms with van der Waals surface area (Å²) in [6.07, 6.45) is 5.54. The van der Waals surface area contributed by atoms with Crippen molar-refractivity contribution < 1.29 is 9.53 Å². The van der Waals surface area contributed by atoms with Crippen LogP contribution in [0.2, 0.25) is 0 Å². The average Bonchev–Trinajstić information content (AvgIpc) is 2.91. The predicted molar refractivity (Wildman–Crippen MR) is 118 cm³/mol. The number of carbonyl (C=O) groups is 1. The fraction of sp³-hybridized carbons (Fsp3) is 0.696. The SMILES string of the molecule is Cc1cc(C(=O)NCC(CC(C)C)N2CCOCC2)c2nc3n(c2n1)CCCCC3. The van der Waals surface area contributed by atoms with Crippen LogP contribution < -0.4 is 5.32 Å². The molecular weight excluding hydrogens is 378 g/mol. The molecule has 7 nitrogen and oxygen atoms in total. The number of nitrogens with one attached hydrogen (secondary N) is 1. The molecular formula is C23H35N5O2. The Bertz CT molecular complexity index is 885. The molecule has 4 heterocycles. The van der Waals surface area contributed by atoms with Gasteiger partial charge in [-0.25, -0.2) is 9.97 Å². The number of morpholine rings is 1. The van der Waals surface area contributed by atoms with Crippen LogP contribution >= 0.6 is 0 Å². The van der Waals surface area contributed by atoms with Crippen molar-refractivity contribution in [2.24, 2.45) is 5.92 Å². The van der Waals surface area contributed by atoms with E-state index in [4.69, 9.17) is 14.7 Å². The Morgan fingerprint density at radius 3 is 2.73 bits per heavy atom. The minimum atomic E-state index is -0.0409. The summed E-state index contributed by atoms with van der Waals surface area (Å²) in [5, 5.41) is 3.22. The van der Waals surface area contributed by atoms with E-state index in [-0.39, 0.29) is 5.91 Å². The third kappa shape index (κ3) is 4.67. The first kappa shape index (κ1) is 21.2. The Morgan fingerprint density at radius 1 is 1.17 bits per heavy atom. The highest BCUT2D eigenvalue weighted by molar-refractivity contribution is 6.04. The molecule has 7 heteroatoms. The number of pyridine rings is 1. The van der Waals surface area contributed by atoms with Gasteiger partial charge >= 0.3 is 0 Å². The molecule has 1 fully saturated rings. The molecule has 1 unspecified atom stereocenters. The van der Waals surface area contributed by atoms with E-state index in [1.807, 2.05) is 13.0 Å². The summed E-state index contributed by atoms with van der Waals surface area (Å²) in [7, 11) is 0. The zero-order valence-corrected chi connectivity index (χ0v) is 18.6. The van der Waals surface area contributed by atoms with E-state index in [0.29, 0.717) is 24.1 Å². The summed E-state index contributed by atoms with van der Waals surface area (Å²) >= 11 is 0. The molecule has 0 aromatic carbocycles. The highest BCUT2D eigenvalue weighted by Crippen LogP contribution is 2.24. The number of imidazole rings is 1. The highest BCUT2D eigenvalue weighted by Gasteiger charge is 2.24. The maximum absolute atomic E-state index is 13.2. The Hall–Kier alpha value is -1.99. The first-order valence-electron chi connectivity index (χ1n) is 11.5. The van der Waals surface area contributed by atoms with Crippen LogP contribution in [0.4, 0.5) is 0 Å². The second-order valence-corrected chi connectivity index (χ2v) is 9.12. The van der Waals surface area contributed by atoms with Crippen LogP contribution in [0, 0.1) is 12.8 Å². The Morgan fingerprint density at radius 2 is 1.97 bits per heavy atom. The van der Waals surface area contributed by atoms with E-state index in [0.717, 1.165) is 81.2 Å². The monoisotopic (exact) mass is 413 g/mol. The Labute approximate surface area is 179 Å². The third-order valence-corrected chi connectivity index (χ3v) is 6.24. The molecule has 2 aliphatic heterocycles. The largest absolute Gasteiger partial charge is 0.379 e. The number of nitrogens with zero attached hydrogens (tertiary/aromatic N) is 4. The number of rotatable bonds is 6. The number of hydrogen-bond donors (Lipinski definition) is 1. The fourth-order valence-electron chi connectivity index (χ4n) is 4.74. The van der Waals surface area contributed by atoms with Crippen molar-refractivity contribution in [2.45, 2.75) is 65.5 Å². The van der Waals surface area contributed by atoms with Crippen molar-refractivity contribution in [1.29, 1.82) is 0 Å². The van der Waals surface area contributed by atoms with Gasteiger partial charge in [-0.2, -0.15) is 0 Å². The van der Waals surface area contributed by atoms with Crippen LogP contribution in [0.1, 0.15) is 61.4 Å². The first-order valence-corrected chi connectivity index (χ1v) is 11.5. The van der Waals surface area contributed by atoms with Crippen LogP contribution in [0.15, 0.2) is 6.07 Å². The molecule has 30 heavy (non-hydrogen) atoms. The molecule has 1 amide bonds. The maximum Gasteiger partial charge on any atom is 0.253 e. The zero-order chi connectivity index (χ0) is 21.1. The minimum Gasteiger partial charge on any atom is -0.379 e. The summed E-state index contributed by atoms with van der Waals surface area (Å²) in [5.74, 6) is 1.61. The summed E-state index contributed by atoms with van der Waals surface area (Å²) < 4.78 is 7.74. The van der Waals surface area contributed by atoms with Gasteiger partial charge in [0.25, 0.3) is 5.91 Å². The van der Waals surface area contributed by atoms with E-state index in [1.54, 1.807) is 0 Å². The van der Waals surface area contributed by atoms with Gasteiger partial charge in [0.15, 0.2) is 5.65 Å². The number of aryl methyl sites for hydroxylation is 3. The molecule has 4 rings (SSSR count). The molecule has 0 radical (unpaired) electrons. The molecule has 2 aromatic rings. The van der Waals surface area contributed by atoms with E-state index < -0.39 is 0 Å². The molecule has 0 spiro atoms. The maximum atomic E-state index is 13.2. The minimum absolute atomic E-state index is 0.0409.